The lowest BCUT2D eigenvalue weighted by molar-refractivity contribution is 0.794. The maximum absolute atomic E-state index is 3.99. The SMILES string of the molecule is c1ccc(-c2cc3c(cc2Nc2ccc4c5ccccc5c5ccccc5c4c2)C2(c4ccccc4-c4ccccc42)c2ccccc2-3)cc1. The van der Waals surface area contributed by atoms with Gasteiger partial charge >= 0.3 is 0 Å². The summed E-state index contributed by atoms with van der Waals surface area (Å²) in [6.45, 7) is 0. The third-order valence-corrected chi connectivity index (χ3v) is 11.2. The molecule has 0 aliphatic heterocycles. The van der Waals surface area contributed by atoms with E-state index in [0.29, 0.717) is 0 Å². The van der Waals surface area contributed by atoms with E-state index in [2.05, 4.69) is 187 Å². The Bertz CT molecular complexity index is 2760. The molecule has 9 aromatic carbocycles. The van der Waals surface area contributed by atoms with Crippen LogP contribution in [-0.4, -0.2) is 0 Å². The first-order valence-electron chi connectivity index (χ1n) is 17.4. The summed E-state index contributed by atoms with van der Waals surface area (Å²) >= 11 is 0. The molecule has 9 aromatic rings. The highest BCUT2D eigenvalue weighted by atomic mass is 14.9. The van der Waals surface area contributed by atoms with Crippen LogP contribution in [0.3, 0.4) is 0 Å². The van der Waals surface area contributed by atoms with Crippen LogP contribution in [0, 0.1) is 0 Å². The highest BCUT2D eigenvalue weighted by Gasteiger charge is 2.51. The smallest absolute Gasteiger partial charge is 0.0726 e. The van der Waals surface area contributed by atoms with Gasteiger partial charge < -0.3 is 5.32 Å². The number of benzene rings is 9. The Balaban J connectivity index is 1.19. The van der Waals surface area contributed by atoms with Gasteiger partial charge in [-0.3, -0.25) is 0 Å². The molecule has 0 saturated carbocycles. The fourth-order valence-corrected chi connectivity index (χ4v) is 9.24. The zero-order valence-corrected chi connectivity index (χ0v) is 27.3. The molecule has 0 atom stereocenters. The number of hydrogen-bond acceptors (Lipinski definition) is 1. The molecule has 1 spiro atoms. The first-order valence-corrected chi connectivity index (χ1v) is 17.4. The second-order valence-corrected chi connectivity index (χ2v) is 13.7. The monoisotopic (exact) mass is 633 g/mol. The molecule has 0 amide bonds. The van der Waals surface area contributed by atoms with E-state index in [1.165, 1.54) is 88.0 Å². The Hall–Kier alpha value is -6.44. The van der Waals surface area contributed by atoms with Gasteiger partial charge in [0.25, 0.3) is 0 Å². The molecule has 0 fully saturated rings. The zero-order chi connectivity index (χ0) is 32.8. The maximum atomic E-state index is 3.99. The first kappa shape index (κ1) is 27.5. The number of rotatable bonds is 3. The predicted molar refractivity (Wildman–Crippen MR) is 210 cm³/mol. The average Bonchev–Trinajstić information content (AvgIpc) is 3.65. The molecule has 0 aromatic heterocycles. The molecule has 0 saturated heterocycles. The molecule has 50 heavy (non-hydrogen) atoms. The highest BCUT2D eigenvalue weighted by molar-refractivity contribution is 6.25. The van der Waals surface area contributed by atoms with E-state index in [9.17, 15) is 0 Å². The van der Waals surface area contributed by atoms with Gasteiger partial charge in [0, 0.05) is 16.9 Å². The van der Waals surface area contributed by atoms with Gasteiger partial charge in [0.15, 0.2) is 0 Å². The average molecular weight is 634 g/mol. The van der Waals surface area contributed by atoms with Gasteiger partial charge in [0.2, 0.25) is 0 Å². The Labute approximate surface area is 291 Å². The Morgan fingerprint density at radius 3 is 1.34 bits per heavy atom. The minimum absolute atomic E-state index is 0.400. The molecule has 2 aliphatic carbocycles. The topological polar surface area (TPSA) is 12.0 Å². The van der Waals surface area contributed by atoms with Crippen molar-refractivity contribution in [1.82, 2.24) is 0 Å². The van der Waals surface area contributed by atoms with Gasteiger partial charge in [-0.25, -0.2) is 0 Å². The lowest BCUT2D eigenvalue weighted by atomic mass is 9.70. The highest BCUT2D eigenvalue weighted by Crippen LogP contribution is 2.63. The van der Waals surface area contributed by atoms with Gasteiger partial charge in [0.1, 0.15) is 0 Å². The van der Waals surface area contributed by atoms with Crippen LogP contribution < -0.4 is 5.32 Å². The van der Waals surface area contributed by atoms with Crippen LogP contribution in [0.4, 0.5) is 11.4 Å². The Morgan fingerprint density at radius 2 is 0.760 bits per heavy atom. The molecule has 0 radical (unpaired) electrons. The van der Waals surface area contributed by atoms with Crippen LogP contribution in [0.15, 0.2) is 182 Å². The first-order chi connectivity index (χ1) is 24.8. The van der Waals surface area contributed by atoms with Crippen molar-refractivity contribution in [2.45, 2.75) is 5.41 Å². The molecule has 11 rings (SSSR count). The zero-order valence-electron chi connectivity index (χ0n) is 27.3. The van der Waals surface area contributed by atoms with Crippen molar-refractivity contribution in [2.24, 2.45) is 0 Å². The minimum Gasteiger partial charge on any atom is -0.355 e. The fourth-order valence-electron chi connectivity index (χ4n) is 9.24. The van der Waals surface area contributed by atoms with Gasteiger partial charge in [-0.15, -0.1) is 0 Å². The van der Waals surface area contributed by atoms with E-state index < -0.39 is 5.41 Å². The van der Waals surface area contributed by atoms with E-state index >= 15 is 0 Å². The third-order valence-electron chi connectivity index (χ3n) is 11.2. The lowest BCUT2D eigenvalue weighted by Crippen LogP contribution is -2.26. The van der Waals surface area contributed by atoms with Crippen molar-refractivity contribution in [3.63, 3.8) is 0 Å². The van der Waals surface area contributed by atoms with Crippen molar-refractivity contribution in [1.29, 1.82) is 0 Å². The van der Waals surface area contributed by atoms with Crippen molar-refractivity contribution < 1.29 is 0 Å². The van der Waals surface area contributed by atoms with Crippen LogP contribution in [0.5, 0.6) is 0 Å². The summed E-state index contributed by atoms with van der Waals surface area (Å²) < 4.78 is 0. The van der Waals surface area contributed by atoms with Gasteiger partial charge in [0.05, 0.1) is 5.41 Å². The molecule has 1 heteroatoms. The van der Waals surface area contributed by atoms with Crippen LogP contribution in [0.2, 0.25) is 0 Å². The molecular weight excluding hydrogens is 603 g/mol. The predicted octanol–water partition coefficient (Wildman–Crippen LogP) is 12.9. The van der Waals surface area contributed by atoms with Crippen molar-refractivity contribution in [3.8, 4) is 33.4 Å². The van der Waals surface area contributed by atoms with Crippen LogP contribution in [0.1, 0.15) is 22.3 Å². The summed E-state index contributed by atoms with van der Waals surface area (Å²) in [5.41, 5.74) is 14.8. The van der Waals surface area contributed by atoms with Crippen LogP contribution in [-0.2, 0) is 5.41 Å². The van der Waals surface area contributed by atoms with Gasteiger partial charge in [-0.2, -0.15) is 0 Å². The van der Waals surface area contributed by atoms with E-state index in [0.717, 1.165) is 11.4 Å². The van der Waals surface area contributed by atoms with E-state index in [-0.39, 0.29) is 0 Å². The second-order valence-electron chi connectivity index (χ2n) is 13.7. The van der Waals surface area contributed by atoms with E-state index in [4.69, 9.17) is 0 Å². The Morgan fingerprint density at radius 1 is 0.300 bits per heavy atom. The quantitative estimate of drug-likeness (QED) is 0.191. The molecule has 2 aliphatic rings. The summed E-state index contributed by atoms with van der Waals surface area (Å²) in [6.07, 6.45) is 0. The lowest BCUT2D eigenvalue weighted by Gasteiger charge is -2.31. The fraction of sp³-hybridized carbons (Fsp3) is 0.0204. The summed E-state index contributed by atoms with van der Waals surface area (Å²) in [4.78, 5) is 0. The number of fused-ring (bicyclic) bond motifs is 16. The van der Waals surface area contributed by atoms with E-state index in [1.807, 2.05) is 0 Å². The van der Waals surface area contributed by atoms with Crippen LogP contribution >= 0.6 is 0 Å². The van der Waals surface area contributed by atoms with Crippen molar-refractivity contribution >= 4 is 43.7 Å². The molecule has 0 heterocycles. The van der Waals surface area contributed by atoms with E-state index in [1.54, 1.807) is 0 Å². The molecule has 1 nitrogen and oxygen atoms in total. The number of hydrogen-bond donors (Lipinski definition) is 1. The van der Waals surface area contributed by atoms with Crippen molar-refractivity contribution in [2.75, 3.05) is 5.32 Å². The number of anilines is 2. The molecule has 0 bridgehead atoms. The summed E-state index contributed by atoms with van der Waals surface area (Å²) in [7, 11) is 0. The summed E-state index contributed by atoms with van der Waals surface area (Å²) in [6, 6.07) is 67.3. The molecule has 0 unspecified atom stereocenters. The third kappa shape index (κ3) is 3.61. The van der Waals surface area contributed by atoms with Crippen molar-refractivity contribution in [3.05, 3.63) is 204 Å². The summed E-state index contributed by atoms with van der Waals surface area (Å²) in [5, 5.41) is 11.7. The minimum atomic E-state index is -0.400. The molecule has 1 N–H and O–H groups in total. The second kappa shape index (κ2) is 10.3. The number of nitrogens with one attached hydrogen (secondary N) is 1. The van der Waals surface area contributed by atoms with Crippen LogP contribution in [0.25, 0.3) is 65.7 Å². The Kier molecular flexibility index (Phi) is 5.66. The molecular formula is C49H31N. The van der Waals surface area contributed by atoms with Gasteiger partial charge in [-0.1, -0.05) is 158 Å². The van der Waals surface area contributed by atoms with Gasteiger partial charge in [-0.05, 0) is 107 Å². The molecule has 232 valence electrons. The summed E-state index contributed by atoms with van der Waals surface area (Å²) in [5.74, 6) is 0. The normalized spacial score (nSPS) is 13.4. The largest absolute Gasteiger partial charge is 0.355 e. The maximum Gasteiger partial charge on any atom is 0.0726 e. The standard InChI is InChI=1S/C49H31N/c1-2-14-31(15-3-1)41-29-43-40-22-10-13-25-46(40)49(44-23-11-8-20-38(44)39-21-9-12-24-45(39)49)47(43)30-48(41)50-32-26-27-37-35-18-5-4-16-33(35)34-17-6-7-19-36(34)42(37)28-32/h1-30,50H.